The second-order valence-electron chi connectivity index (χ2n) is 15.9. The fourth-order valence-electron chi connectivity index (χ4n) is 9.57. The molecule has 4 heterocycles. The topological polar surface area (TPSA) is 212 Å². The summed E-state index contributed by atoms with van der Waals surface area (Å²) in [7, 11) is 1.44. The summed E-state index contributed by atoms with van der Waals surface area (Å²) in [5.41, 5.74) is 6.22. The van der Waals surface area contributed by atoms with Gasteiger partial charge in [0.1, 0.15) is 36.5 Å². The molecular weight excluding hydrogens is 877 g/mol. The van der Waals surface area contributed by atoms with Gasteiger partial charge in [-0.15, -0.1) is 0 Å². The highest BCUT2D eigenvalue weighted by molar-refractivity contribution is 7.22. The number of methoxy groups -OCH3 is 1. The number of hydrogen-bond acceptors (Lipinski definition) is 13. The first-order chi connectivity index (χ1) is 32.6. The van der Waals surface area contributed by atoms with Crippen LogP contribution in [-0.2, 0) is 34.0 Å². The third-order valence-corrected chi connectivity index (χ3v) is 13.0. The molecule has 1 aromatic heterocycles. The van der Waals surface area contributed by atoms with E-state index >= 15 is 14.4 Å². The smallest absolute Gasteiger partial charge is 0.421 e. The maximum Gasteiger partial charge on any atom is 0.421 e. The first-order valence-corrected chi connectivity index (χ1v) is 22.2. The van der Waals surface area contributed by atoms with Crippen LogP contribution in [-0.4, -0.2) is 91.0 Å². The van der Waals surface area contributed by atoms with Crippen molar-refractivity contribution in [1.29, 1.82) is 0 Å². The van der Waals surface area contributed by atoms with E-state index in [9.17, 15) is 14.7 Å². The number of urea groups is 1. The van der Waals surface area contributed by atoms with Gasteiger partial charge in [-0.2, -0.15) is 0 Å². The van der Waals surface area contributed by atoms with Gasteiger partial charge in [0.25, 0.3) is 0 Å². The number of ether oxygens (including phenoxy) is 4. The van der Waals surface area contributed by atoms with Crippen LogP contribution in [0.4, 0.5) is 20.4 Å². The van der Waals surface area contributed by atoms with Crippen molar-refractivity contribution in [1.82, 2.24) is 15.2 Å². The summed E-state index contributed by atoms with van der Waals surface area (Å²) in [6.45, 7) is -0.624. The van der Waals surface area contributed by atoms with Gasteiger partial charge in [0.2, 0.25) is 11.8 Å². The van der Waals surface area contributed by atoms with Crippen molar-refractivity contribution in [3.05, 3.63) is 155 Å². The van der Waals surface area contributed by atoms with Gasteiger partial charge < -0.3 is 40.4 Å². The summed E-state index contributed by atoms with van der Waals surface area (Å²) in [5, 5.41) is 15.4. The quantitative estimate of drug-likeness (QED) is 0.0655. The number of aliphatic hydroxyl groups excluding tert-OH is 1. The molecule has 0 bridgehead atoms. The molecule has 340 valence electrons. The normalized spacial score (nSPS) is 21.8. The monoisotopic (exact) mass is 920 g/mol. The van der Waals surface area contributed by atoms with Gasteiger partial charge in [0.05, 0.1) is 53.7 Å². The molecule has 0 unspecified atom stereocenters. The number of rotatable bonds is 12. The Morgan fingerprint density at radius 1 is 0.866 bits per heavy atom. The molecule has 6 atom stereocenters. The van der Waals surface area contributed by atoms with E-state index in [0.29, 0.717) is 33.5 Å². The first kappa shape index (κ1) is 44.6. The number of aromatic nitrogens is 1. The molecular formula is C50H44N6O10S. The number of nitrogens with two attached hydrogens (primary N) is 1. The molecule has 9 rings (SSSR count). The number of aliphatic hydroxyl groups is 1. The van der Waals surface area contributed by atoms with Gasteiger partial charge in [-0.25, -0.2) is 19.5 Å². The zero-order valence-corrected chi connectivity index (χ0v) is 36.8. The largest absolute Gasteiger partial charge is 0.491 e. The van der Waals surface area contributed by atoms with Crippen molar-refractivity contribution >= 4 is 62.3 Å². The standard InChI is InChI=1S/C50H44N6O10S/c1-63-26-27-65-49(62)55-37-22-21-30(12-11-23-52-47(51)61)28-35(37)50(46(55)60)39(44(58)54-48-53-36-19-8-9-20-38(36)67-48)41-45(59)66-42(32-15-6-3-7-16-32)40(31-13-4-2-5-14-31)56(41)43(50)33-17-10-18-34(29-33)64-25-24-57/h2-10,13-22,28-29,39-43,57H,23-27H2,1H3,(H3,51,52,61)(H,53,54,58)/t39-,40-,41-,42+,43+,50-/m1/s1. The Hall–Kier alpha value is -7.62. The molecule has 5 amide bonds. The minimum atomic E-state index is -2.14. The Morgan fingerprint density at radius 2 is 1.60 bits per heavy atom. The number of fused-ring (bicyclic) bond motifs is 4. The molecule has 1 spiro atoms. The third kappa shape index (κ3) is 8.21. The van der Waals surface area contributed by atoms with Crippen LogP contribution in [0, 0.1) is 17.8 Å². The van der Waals surface area contributed by atoms with E-state index in [0.717, 1.165) is 9.60 Å². The van der Waals surface area contributed by atoms with E-state index in [-0.39, 0.29) is 49.4 Å². The lowest BCUT2D eigenvalue weighted by atomic mass is 9.65. The summed E-state index contributed by atoms with van der Waals surface area (Å²) in [6, 6.07) is 33.2. The number of nitrogens with zero attached hydrogens (tertiary/aromatic N) is 3. The summed E-state index contributed by atoms with van der Waals surface area (Å²) < 4.78 is 24.1. The van der Waals surface area contributed by atoms with Crippen LogP contribution in [0.2, 0.25) is 0 Å². The third-order valence-electron chi connectivity index (χ3n) is 12.1. The fourth-order valence-corrected chi connectivity index (χ4v) is 10.4. The second kappa shape index (κ2) is 19.1. The Balaban J connectivity index is 1.35. The number of carbonyl (C=O) groups is 5. The molecule has 3 aliphatic rings. The summed E-state index contributed by atoms with van der Waals surface area (Å²) >= 11 is 1.22. The minimum absolute atomic E-state index is 0.0252. The van der Waals surface area contributed by atoms with Crippen LogP contribution in [0.3, 0.4) is 0 Å². The molecule has 0 radical (unpaired) electrons. The van der Waals surface area contributed by atoms with Crippen LogP contribution in [0.5, 0.6) is 5.75 Å². The Kier molecular flexibility index (Phi) is 12.7. The lowest BCUT2D eigenvalue weighted by Gasteiger charge is -2.46. The molecule has 3 aliphatic heterocycles. The Morgan fingerprint density at radius 3 is 2.33 bits per heavy atom. The van der Waals surface area contributed by atoms with E-state index in [4.69, 9.17) is 29.7 Å². The highest BCUT2D eigenvalue weighted by Crippen LogP contribution is 2.66. The Bertz CT molecular complexity index is 2890. The maximum absolute atomic E-state index is 16.4. The molecule has 5 N–H and O–H groups in total. The number of amides is 5. The van der Waals surface area contributed by atoms with Crippen LogP contribution in [0.1, 0.15) is 46.0 Å². The molecule has 67 heavy (non-hydrogen) atoms. The lowest BCUT2D eigenvalue weighted by molar-refractivity contribution is -0.177. The van der Waals surface area contributed by atoms with Crippen molar-refractivity contribution in [3.8, 4) is 17.6 Å². The highest BCUT2D eigenvalue weighted by Gasteiger charge is 2.76. The molecule has 0 aliphatic carbocycles. The number of imide groups is 1. The van der Waals surface area contributed by atoms with E-state index < -0.39 is 65.5 Å². The average molecular weight is 921 g/mol. The first-order valence-electron chi connectivity index (χ1n) is 21.4. The second-order valence-corrected chi connectivity index (χ2v) is 16.9. The lowest BCUT2D eigenvalue weighted by Crippen LogP contribution is -2.54. The predicted molar refractivity (Wildman–Crippen MR) is 247 cm³/mol. The molecule has 2 saturated heterocycles. The number of carbonyl (C=O) groups excluding carboxylic acids is 5. The number of morpholine rings is 1. The fraction of sp³-hybridized carbons (Fsp3) is 0.240. The van der Waals surface area contributed by atoms with Crippen LogP contribution in [0.25, 0.3) is 10.2 Å². The van der Waals surface area contributed by atoms with Crippen molar-refractivity contribution in [2.45, 2.75) is 29.6 Å². The number of hydrogen-bond donors (Lipinski definition) is 4. The van der Waals surface area contributed by atoms with Gasteiger partial charge in [0.15, 0.2) is 5.13 Å². The SMILES string of the molecule is COCCOC(=O)N1C(=O)[C@@]2(c3cc(C#CCNC(N)=O)ccc31)[C@H](c1cccc(OCCO)c1)N1[C@H](c3ccccc3)[C@H](c3ccccc3)OC(=O)[C@H]1[C@@H]2C(=O)Nc1nc2ccccc2s1. The zero-order chi connectivity index (χ0) is 46.7. The van der Waals surface area contributed by atoms with Crippen molar-refractivity contribution in [2.75, 3.05) is 50.3 Å². The van der Waals surface area contributed by atoms with Crippen LogP contribution >= 0.6 is 11.3 Å². The number of esters is 1. The molecule has 6 aromatic rings. The van der Waals surface area contributed by atoms with Gasteiger partial charge >= 0.3 is 18.1 Å². The predicted octanol–water partition coefficient (Wildman–Crippen LogP) is 5.77. The minimum Gasteiger partial charge on any atom is -0.491 e. The Labute approximate surface area is 388 Å². The molecule has 0 saturated carbocycles. The number of primary amides is 1. The number of anilines is 2. The molecule has 5 aromatic carbocycles. The summed E-state index contributed by atoms with van der Waals surface area (Å²) in [4.78, 5) is 81.0. The summed E-state index contributed by atoms with van der Waals surface area (Å²) in [6.07, 6.45) is -2.00. The molecule has 16 nitrogen and oxygen atoms in total. The van der Waals surface area contributed by atoms with Crippen LogP contribution < -0.4 is 26.0 Å². The molecule has 2 fully saturated rings. The number of para-hydroxylation sites is 1. The number of cyclic esters (lactones) is 1. The van der Waals surface area contributed by atoms with E-state index in [2.05, 4.69) is 22.5 Å². The van der Waals surface area contributed by atoms with Gasteiger partial charge in [-0.3, -0.25) is 19.3 Å². The number of thiazole rings is 1. The number of benzene rings is 5. The van der Waals surface area contributed by atoms with Gasteiger partial charge in [-0.05, 0) is 64.7 Å². The maximum atomic E-state index is 16.4. The van der Waals surface area contributed by atoms with Gasteiger partial charge in [-0.1, -0.05) is 108 Å². The van der Waals surface area contributed by atoms with E-state index in [1.807, 2.05) is 83.8 Å². The number of nitrogens with one attached hydrogen (secondary N) is 2. The molecule has 17 heteroatoms. The van der Waals surface area contributed by atoms with Crippen molar-refractivity contribution in [3.63, 3.8) is 0 Å². The van der Waals surface area contributed by atoms with E-state index in [1.54, 1.807) is 48.5 Å². The highest BCUT2D eigenvalue weighted by atomic mass is 32.1. The average Bonchev–Trinajstić information content (AvgIpc) is 3.98. The van der Waals surface area contributed by atoms with Crippen molar-refractivity contribution < 1.29 is 48.0 Å². The zero-order valence-electron chi connectivity index (χ0n) is 36.0. The summed E-state index contributed by atoms with van der Waals surface area (Å²) in [5.74, 6) is 2.19. The van der Waals surface area contributed by atoms with Crippen molar-refractivity contribution in [2.24, 2.45) is 11.7 Å². The van der Waals surface area contributed by atoms with E-state index in [1.165, 1.54) is 18.4 Å². The van der Waals surface area contributed by atoms with Gasteiger partial charge in [0, 0.05) is 12.7 Å². The van der Waals surface area contributed by atoms with Crippen LogP contribution in [0.15, 0.2) is 127 Å².